The fourth-order valence-electron chi connectivity index (χ4n) is 2.66. The molecule has 2 atom stereocenters. The number of rotatable bonds is 4. The summed E-state index contributed by atoms with van der Waals surface area (Å²) in [5, 5.41) is 4.12. The molecular formula is C13H20N4O3S. The van der Waals surface area contributed by atoms with E-state index in [1.54, 1.807) is 20.9 Å². The average molecular weight is 312 g/mol. The van der Waals surface area contributed by atoms with Gasteiger partial charge in [-0.05, 0) is 26.7 Å². The molecule has 8 heteroatoms. The predicted molar refractivity (Wildman–Crippen MR) is 77.8 cm³/mol. The number of hydrogen-bond donors (Lipinski definition) is 2. The number of primary amides is 1. The summed E-state index contributed by atoms with van der Waals surface area (Å²) in [5.74, 6) is -1.02. The zero-order valence-electron chi connectivity index (χ0n) is 12.3. The Balaban J connectivity index is 2.33. The summed E-state index contributed by atoms with van der Waals surface area (Å²) in [6.45, 7) is 3.34. The Morgan fingerprint density at radius 1 is 1.38 bits per heavy atom. The number of allylic oxidation sites excluding steroid dienone is 1. The van der Waals surface area contributed by atoms with Crippen molar-refractivity contribution in [1.29, 1.82) is 0 Å². The lowest BCUT2D eigenvalue weighted by atomic mass is 9.89. The lowest BCUT2D eigenvalue weighted by Gasteiger charge is -2.26. The van der Waals surface area contributed by atoms with Gasteiger partial charge in [0.05, 0.1) is 17.3 Å². The minimum absolute atomic E-state index is 0.169. The number of nitrogens with zero attached hydrogens (tertiary/aromatic N) is 2. The van der Waals surface area contributed by atoms with Crippen molar-refractivity contribution in [2.45, 2.75) is 37.6 Å². The van der Waals surface area contributed by atoms with Crippen LogP contribution in [0.1, 0.15) is 24.2 Å². The van der Waals surface area contributed by atoms with E-state index in [0.717, 1.165) is 0 Å². The van der Waals surface area contributed by atoms with Crippen LogP contribution in [0.4, 0.5) is 0 Å². The van der Waals surface area contributed by atoms with Gasteiger partial charge in [0.2, 0.25) is 15.9 Å². The van der Waals surface area contributed by atoms with E-state index in [-0.39, 0.29) is 4.90 Å². The van der Waals surface area contributed by atoms with E-state index in [1.165, 1.54) is 4.68 Å². The van der Waals surface area contributed by atoms with Crippen molar-refractivity contribution >= 4 is 15.9 Å². The summed E-state index contributed by atoms with van der Waals surface area (Å²) in [6, 6.07) is -0.517. The van der Waals surface area contributed by atoms with Gasteiger partial charge in [0.25, 0.3) is 0 Å². The summed E-state index contributed by atoms with van der Waals surface area (Å²) in [5.41, 5.74) is 6.35. The SMILES string of the molecule is Cc1nn(C)c(C)c1S(=O)(=O)N[C@@H]1CC=CC[C@H]1C(N)=O. The molecule has 0 spiro atoms. The third kappa shape index (κ3) is 3.01. The van der Waals surface area contributed by atoms with Gasteiger partial charge in [0, 0.05) is 13.1 Å². The fourth-order valence-corrected chi connectivity index (χ4v) is 4.39. The molecule has 1 heterocycles. The molecule has 0 radical (unpaired) electrons. The maximum atomic E-state index is 12.6. The molecule has 2 rings (SSSR count). The molecule has 1 aliphatic rings. The Morgan fingerprint density at radius 3 is 2.52 bits per heavy atom. The van der Waals surface area contributed by atoms with Crippen molar-refractivity contribution in [2.75, 3.05) is 0 Å². The van der Waals surface area contributed by atoms with Crippen LogP contribution in [0, 0.1) is 19.8 Å². The third-order valence-electron chi connectivity index (χ3n) is 3.82. The Bertz CT molecular complexity index is 691. The molecule has 0 aromatic carbocycles. The number of nitrogens with one attached hydrogen (secondary N) is 1. The maximum Gasteiger partial charge on any atom is 0.244 e. The summed E-state index contributed by atoms with van der Waals surface area (Å²) in [7, 11) is -2.05. The van der Waals surface area contributed by atoms with Gasteiger partial charge in [0.1, 0.15) is 4.90 Å². The normalized spacial score (nSPS) is 22.4. The second-order valence-electron chi connectivity index (χ2n) is 5.30. The lowest BCUT2D eigenvalue weighted by molar-refractivity contribution is -0.122. The molecule has 21 heavy (non-hydrogen) atoms. The number of aromatic nitrogens is 2. The molecule has 1 aliphatic carbocycles. The third-order valence-corrected chi connectivity index (χ3v) is 5.56. The molecule has 0 fully saturated rings. The first-order chi connectivity index (χ1) is 9.74. The molecule has 0 aliphatic heterocycles. The van der Waals surface area contributed by atoms with Crippen molar-refractivity contribution in [3.8, 4) is 0 Å². The molecular weight excluding hydrogens is 292 g/mol. The average Bonchev–Trinajstić information content (AvgIpc) is 2.63. The van der Waals surface area contributed by atoms with E-state index in [9.17, 15) is 13.2 Å². The summed E-state index contributed by atoms with van der Waals surface area (Å²) < 4.78 is 29.3. The van der Waals surface area contributed by atoms with Crippen LogP contribution in [0.15, 0.2) is 17.0 Å². The second-order valence-corrected chi connectivity index (χ2v) is 6.95. The van der Waals surface area contributed by atoms with Crippen LogP contribution in [0.25, 0.3) is 0 Å². The van der Waals surface area contributed by atoms with Crippen LogP contribution in [-0.4, -0.2) is 30.1 Å². The Hall–Kier alpha value is -1.67. The van der Waals surface area contributed by atoms with Crippen molar-refractivity contribution in [3.05, 3.63) is 23.5 Å². The molecule has 0 bridgehead atoms. The van der Waals surface area contributed by atoms with E-state index in [4.69, 9.17) is 5.73 Å². The number of sulfonamides is 1. The van der Waals surface area contributed by atoms with Crippen molar-refractivity contribution in [3.63, 3.8) is 0 Å². The second kappa shape index (κ2) is 5.61. The zero-order chi connectivity index (χ0) is 15.8. The van der Waals surface area contributed by atoms with Gasteiger partial charge >= 0.3 is 0 Å². The molecule has 7 nitrogen and oxygen atoms in total. The van der Waals surface area contributed by atoms with E-state index >= 15 is 0 Å². The Morgan fingerprint density at radius 2 is 2.00 bits per heavy atom. The van der Waals surface area contributed by atoms with Gasteiger partial charge < -0.3 is 5.73 Å². The predicted octanol–water partition coefficient (Wildman–Crippen LogP) is 0.135. The molecule has 3 N–H and O–H groups in total. The number of nitrogens with two attached hydrogens (primary N) is 1. The summed E-state index contributed by atoms with van der Waals surface area (Å²) >= 11 is 0. The van der Waals surface area contributed by atoms with Gasteiger partial charge in [-0.15, -0.1) is 0 Å². The van der Waals surface area contributed by atoms with Gasteiger partial charge in [-0.2, -0.15) is 5.10 Å². The largest absolute Gasteiger partial charge is 0.369 e. The van der Waals surface area contributed by atoms with Crippen LogP contribution < -0.4 is 10.5 Å². The summed E-state index contributed by atoms with van der Waals surface area (Å²) in [4.78, 5) is 11.6. The number of aryl methyl sites for hydroxylation is 2. The highest BCUT2D eigenvalue weighted by Gasteiger charge is 2.33. The van der Waals surface area contributed by atoms with E-state index < -0.39 is 27.9 Å². The monoisotopic (exact) mass is 312 g/mol. The van der Waals surface area contributed by atoms with Crippen LogP contribution in [0.2, 0.25) is 0 Å². The van der Waals surface area contributed by atoms with E-state index in [0.29, 0.717) is 24.2 Å². The number of amides is 1. The Kier molecular flexibility index (Phi) is 4.20. The molecule has 1 aromatic heterocycles. The van der Waals surface area contributed by atoms with Crippen molar-refractivity contribution < 1.29 is 13.2 Å². The first-order valence-corrected chi connectivity index (χ1v) is 8.19. The van der Waals surface area contributed by atoms with Crippen LogP contribution in [0.5, 0.6) is 0 Å². The standard InChI is InChI=1S/C13H20N4O3S/c1-8-12(9(2)17(3)15-8)21(19,20)16-11-7-5-4-6-10(11)13(14)18/h4-5,10-11,16H,6-7H2,1-3H3,(H2,14,18)/t10-,11-/m1/s1. The highest BCUT2D eigenvalue weighted by atomic mass is 32.2. The zero-order valence-corrected chi connectivity index (χ0v) is 13.1. The molecule has 116 valence electrons. The van der Waals surface area contributed by atoms with Gasteiger partial charge in [-0.3, -0.25) is 9.48 Å². The van der Waals surface area contributed by atoms with E-state index in [2.05, 4.69) is 9.82 Å². The number of carbonyl (C=O) groups is 1. The topological polar surface area (TPSA) is 107 Å². The first-order valence-electron chi connectivity index (χ1n) is 6.71. The van der Waals surface area contributed by atoms with Gasteiger partial charge in [0.15, 0.2) is 0 Å². The molecule has 1 amide bonds. The smallest absolute Gasteiger partial charge is 0.244 e. The molecule has 0 saturated carbocycles. The number of carbonyl (C=O) groups excluding carboxylic acids is 1. The lowest BCUT2D eigenvalue weighted by Crippen LogP contribution is -2.46. The minimum Gasteiger partial charge on any atom is -0.369 e. The van der Waals surface area contributed by atoms with Crippen LogP contribution in [0.3, 0.4) is 0 Å². The minimum atomic E-state index is -3.74. The quantitative estimate of drug-likeness (QED) is 0.771. The molecule has 1 aromatic rings. The van der Waals surface area contributed by atoms with E-state index in [1.807, 2.05) is 12.2 Å². The highest BCUT2D eigenvalue weighted by Crippen LogP contribution is 2.23. The van der Waals surface area contributed by atoms with Crippen molar-refractivity contribution in [1.82, 2.24) is 14.5 Å². The van der Waals surface area contributed by atoms with Crippen LogP contribution >= 0.6 is 0 Å². The summed E-state index contributed by atoms with van der Waals surface area (Å²) in [6.07, 6.45) is 4.61. The molecule has 0 saturated heterocycles. The molecule has 0 unspecified atom stereocenters. The van der Waals surface area contributed by atoms with Crippen molar-refractivity contribution in [2.24, 2.45) is 18.7 Å². The Labute approximate surface area is 124 Å². The van der Waals surface area contributed by atoms with Gasteiger partial charge in [-0.25, -0.2) is 13.1 Å². The highest BCUT2D eigenvalue weighted by molar-refractivity contribution is 7.89. The first kappa shape index (κ1) is 15.7. The maximum absolute atomic E-state index is 12.6. The van der Waals surface area contributed by atoms with Crippen LogP contribution in [-0.2, 0) is 21.9 Å². The fraction of sp³-hybridized carbons (Fsp3) is 0.538. The van der Waals surface area contributed by atoms with Gasteiger partial charge in [-0.1, -0.05) is 12.2 Å². The number of hydrogen-bond acceptors (Lipinski definition) is 4.